The molecular formula is C21H26N4O5S. The number of sulfonamides is 1. The van der Waals surface area contributed by atoms with Crippen LogP contribution in [-0.2, 0) is 19.6 Å². The molecule has 0 aliphatic carbocycles. The number of aromatic nitrogens is 1. The first-order valence-corrected chi connectivity index (χ1v) is 11.4. The molecule has 9 nitrogen and oxygen atoms in total. The molecule has 2 aromatic rings. The molecule has 1 aromatic heterocycles. The lowest BCUT2D eigenvalue weighted by atomic mass is 9.98. The molecule has 2 amide bonds. The second kappa shape index (κ2) is 9.88. The van der Waals surface area contributed by atoms with Crippen molar-refractivity contribution in [1.82, 2.24) is 14.6 Å². The van der Waals surface area contributed by atoms with Gasteiger partial charge in [-0.3, -0.25) is 14.6 Å². The van der Waals surface area contributed by atoms with Crippen LogP contribution < -0.4 is 15.4 Å². The van der Waals surface area contributed by atoms with E-state index < -0.39 is 21.8 Å². The van der Waals surface area contributed by atoms with E-state index in [-0.39, 0.29) is 10.8 Å². The first-order valence-electron chi connectivity index (χ1n) is 9.95. The number of hydrogen-bond acceptors (Lipinski definition) is 6. The van der Waals surface area contributed by atoms with Crippen LogP contribution in [0.3, 0.4) is 0 Å². The fraction of sp³-hybridized carbons (Fsp3) is 0.381. The van der Waals surface area contributed by atoms with Crippen molar-refractivity contribution in [2.45, 2.75) is 24.7 Å². The third kappa shape index (κ3) is 5.59. The molecule has 0 atom stereocenters. The Labute approximate surface area is 181 Å². The summed E-state index contributed by atoms with van der Waals surface area (Å²) < 4.78 is 31.9. The fourth-order valence-electron chi connectivity index (χ4n) is 3.42. The molecule has 0 spiro atoms. The van der Waals surface area contributed by atoms with Gasteiger partial charge in [-0.1, -0.05) is 6.07 Å². The molecule has 166 valence electrons. The molecule has 1 aliphatic heterocycles. The molecule has 0 unspecified atom stereocenters. The van der Waals surface area contributed by atoms with Gasteiger partial charge in [0.15, 0.2) is 0 Å². The van der Waals surface area contributed by atoms with Gasteiger partial charge in [0.25, 0.3) is 0 Å². The van der Waals surface area contributed by atoms with Crippen molar-refractivity contribution in [3.05, 3.63) is 48.3 Å². The van der Waals surface area contributed by atoms with E-state index in [2.05, 4.69) is 15.6 Å². The summed E-state index contributed by atoms with van der Waals surface area (Å²) >= 11 is 0. The molecule has 1 fully saturated rings. The highest BCUT2D eigenvalue weighted by Gasteiger charge is 2.30. The van der Waals surface area contributed by atoms with E-state index in [0.29, 0.717) is 43.9 Å². The van der Waals surface area contributed by atoms with Crippen molar-refractivity contribution < 1.29 is 22.7 Å². The molecule has 2 N–H and O–H groups in total. The highest BCUT2D eigenvalue weighted by Crippen LogP contribution is 2.25. The number of piperidine rings is 1. The molecule has 0 radical (unpaired) electrons. The molecule has 3 rings (SSSR count). The van der Waals surface area contributed by atoms with Crippen LogP contribution in [0.25, 0.3) is 0 Å². The summed E-state index contributed by atoms with van der Waals surface area (Å²) in [5, 5.41) is 5.21. The summed E-state index contributed by atoms with van der Waals surface area (Å²) in [7, 11) is -2.08. The minimum atomic E-state index is -3.57. The van der Waals surface area contributed by atoms with Gasteiger partial charge in [-0.2, -0.15) is 4.31 Å². The van der Waals surface area contributed by atoms with Gasteiger partial charge in [0.05, 0.1) is 12.8 Å². The Hall–Kier alpha value is -2.98. The predicted octanol–water partition coefficient (Wildman–Crippen LogP) is 1.55. The van der Waals surface area contributed by atoms with E-state index in [4.69, 9.17) is 4.74 Å². The van der Waals surface area contributed by atoms with Crippen LogP contribution >= 0.6 is 0 Å². The number of aryl methyl sites for hydroxylation is 1. The Morgan fingerprint density at radius 3 is 2.58 bits per heavy atom. The van der Waals surface area contributed by atoms with E-state index in [9.17, 15) is 18.0 Å². The number of nitrogens with one attached hydrogen (secondary N) is 2. The van der Waals surface area contributed by atoms with E-state index in [1.54, 1.807) is 18.2 Å². The second-order valence-corrected chi connectivity index (χ2v) is 9.34. The first-order chi connectivity index (χ1) is 14.8. The number of pyridine rings is 1. The standard InChI is InChI=1S/C21H26N4O5S/c1-15-5-6-19(30-2)18(12-15)24-21(27)20(26)23-13-16-7-10-25(11-8-16)31(28,29)17-4-3-9-22-14-17/h3-6,9,12,14,16H,7-8,10-11,13H2,1-2H3,(H,23,26)(H,24,27). The SMILES string of the molecule is COc1ccc(C)cc1NC(=O)C(=O)NCC1CCN(S(=O)(=O)c2cccnc2)CC1. The van der Waals surface area contributed by atoms with Gasteiger partial charge in [0, 0.05) is 32.0 Å². The Kier molecular flexibility index (Phi) is 7.24. The number of rotatable bonds is 6. The molecule has 0 saturated carbocycles. The van der Waals surface area contributed by atoms with Crippen LogP contribution in [0.15, 0.2) is 47.6 Å². The van der Waals surface area contributed by atoms with Crippen LogP contribution in [0.1, 0.15) is 18.4 Å². The van der Waals surface area contributed by atoms with Crippen molar-refractivity contribution in [3.8, 4) is 5.75 Å². The quantitative estimate of drug-likeness (QED) is 0.650. The van der Waals surface area contributed by atoms with E-state index >= 15 is 0 Å². The molecular weight excluding hydrogens is 420 g/mol. The maximum atomic E-state index is 12.7. The highest BCUT2D eigenvalue weighted by molar-refractivity contribution is 7.89. The normalized spacial score (nSPS) is 15.3. The number of carbonyl (C=O) groups is 2. The third-order valence-electron chi connectivity index (χ3n) is 5.21. The zero-order valence-electron chi connectivity index (χ0n) is 17.5. The molecule has 31 heavy (non-hydrogen) atoms. The summed E-state index contributed by atoms with van der Waals surface area (Å²) in [5.74, 6) is -0.964. The zero-order chi connectivity index (χ0) is 22.4. The predicted molar refractivity (Wildman–Crippen MR) is 115 cm³/mol. The van der Waals surface area contributed by atoms with Crippen molar-refractivity contribution in [3.63, 3.8) is 0 Å². The lowest BCUT2D eigenvalue weighted by molar-refractivity contribution is -0.136. The highest BCUT2D eigenvalue weighted by atomic mass is 32.2. The Bertz CT molecular complexity index is 1030. The Balaban J connectivity index is 1.49. The number of hydrogen-bond donors (Lipinski definition) is 2. The topological polar surface area (TPSA) is 118 Å². The summed E-state index contributed by atoms with van der Waals surface area (Å²) in [4.78, 5) is 28.5. The minimum Gasteiger partial charge on any atom is -0.495 e. The number of anilines is 1. The maximum Gasteiger partial charge on any atom is 0.313 e. The number of ether oxygens (including phenoxy) is 1. The molecule has 1 aliphatic rings. The lowest BCUT2D eigenvalue weighted by Crippen LogP contribution is -2.43. The summed E-state index contributed by atoms with van der Waals surface area (Å²) in [6.45, 7) is 2.88. The summed E-state index contributed by atoms with van der Waals surface area (Å²) in [6.07, 6.45) is 4.04. The number of amides is 2. The van der Waals surface area contributed by atoms with Crippen molar-refractivity contribution >= 4 is 27.5 Å². The van der Waals surface area contributed by atoms with Crippen molar-refractivity contribution in [1.29, 1.82) is 0 Å². The van der Waals surface area contributed by atoms with Gasteiger partial charge in [-0.25, -0.2) is 8.42 Å². The lowest BCUT2D eigenvalue weighted by Gasteiger charge is -2.31. The zero-order valence-corrected chi connectivity index (χ0v) is 18.3. The van der Waals surface area contributed by atoms with Crippen LogP contribution in [0.5, 0.6) is 5.75 Å². The number of carbonyl (C=O) groups excluding carboxylic acids is 2. The van der Waals surface area contributed by atoms with Crippen LogP contribution in [0.2, 0.25) is 0 Å². The second-order valence-electron chi connectivity index (χ2n) is 7.40. The van der Waals surface area contributed by atoms with Crippen LogP contribution in [-0.4, -0.2) is 56.3 Å². The van der Waals surface area contributed by atoms with E-state index in [0.717, 1.165) is 5.56 Å². The van der Waals surface area contributed by atoms with Gasteiger partial charge >= 0.3 is 11.8 Å². The van der Waals surface area contributed by atoms with Gasteiger partial charge < -0.3 is 15.4 Å². The smallest absolute Gasteiger partial charge is 0.313 e. The van der Waals surface area contributed by atoms with Crippen LogP contribution in [0.4, 0.5) is 5.69 Å². The average molecular weight is 447 g/mol. The molecule has 10 heteroatoms. The molecule has 2 heterocycles. The van der Waals surface area contributed by atoms with Crippen molar-refractivity contribution in [2.24, 2.45) is 5.92 Å². The molecule has 1 saturated heterocycles. The number of nitrogens with zero attached hydrogens (tertiary/aromatic N) is 2. The molecule has 0 bridgehead atoms. The maximum absolute atomic E-state index is 12.7. The monoisotopic (exact) mass is 446 g/mol. The van der Waals surface area contributed by atoms with E-state index in [1.807, 2.05) is 13.0 Å². The Morgan fingerprint density at radius 2 is 1.94 bits per heavy atom. The summed E-state index contributed by atoms with van der Waals surface area (Å²) in [5.41, 5.74) is 1.35. The number of benzene rings is 1. The first kappa shape index (κ1) is 22.7. The third-order valence-corrected chi connectivity index (χ3v) is 7.09. The average Bonchev–Trinajstić information content (AvgIpc) is 2.78. The van der Waals surface area contributed by atoms with Crippen molar-refractivity contribution in [2.75, 3.05) is 32.1 Å². The number of methoxy groups -OCH3 is 1. The van der Waals surface area contributed by atoms with Crippen LogP contribution in [0, 0.1) is 12.8 Å². The minimum absolute atomic E-state index is 0.0885. The van der Waals surface area contributed by atoms with Gasteiger partial charge in [-0.05, 0) is 55.5 Å². The fourth-order valence-corrected chi connectivity index (χ4v) is 4.85. The van der Waals surface area contributed by atoms with Gasteiger partial charge in [0.1, 0.15) is 10.6 Å². The summed E-state index contributed by atoms with van der Waals surface area (Å²) in [6, 6.07) is 8.40. The van der Waals surface area contributed by atoms with Gasteiger partial charge in [-0.15, -0.1) is 0 Å². The molecule has 1 aromatic carbocycles. The van der Waals surface area contributed by atoms with Gasteiger partial charge in [0.2, 0.25) is 10.0 Å². The largest absolute Gasteiger partial charge is 0.495 e. The Morgan fingerprint density at radius 1 is 1.19 bits per heavy atom. The van der Waals surface area contributed by atoms with E-state index in [1.165, 1.54) is 29.9 Å².